The molecule has 1 rings (SSSR count). The lowest BCUT2D eigenvalue weighted by molar-refractivity contribution is -0.124. The van der Waals surface area contributed by atoms with Crippen LogP contribution >= 0.6 is 11.6 Å². The minimum Gasteiger partial charge on any atom is -0.355 e. The Morgan fingerprint density at radius 3 is 2.61 bits per heavy atom. The maximum Gasteiger partial charge on any atom is 0.224 e. The maximum absolute atomic E-state index is 11.8. The largest absolute Gasteiger partial charge is 0.355 e. The van der Waals surface area contributed by atoms with Gasteiger partial charge in [0, 0.05) is 18.1 Å². The van der Waals surface area contributed by atoms with Crippen molar-refractivity contribution >= 4 is 17.5 Å². The van der Waals surface area contributed by atoms with Crippen LogP contribution in [-0.2, 0) is 11.2 Å². The Labute approximate surface area is 114 Å². The van der Waals surface area contributed by atoms with Crippen molar-refractivity contribution in [3.05, 3.63) is 34.9 Å². The van der Waals surface area contributed by atoms with Crippen LogP contribution in [0.1, 0.15) is 25.3 Å². The van der Waals surface area contributed by atoms with E-state index in [1.807, 2.05) is 24.3 Å². The van der Waals surface area contributed by atoms with Crippen molar-refractivity contribution in [2.75, 3.05) is 13.1 Å². The zero-order valence-electron chi connectivity index (χ0n) is 10.8. The molecule has 4 heteroatoms. The molecule has 0 aromatic heterocycles. The zero-order valence-corrected chi connectivity index (χ0v) is 11.5. The van der Waals surface area contributed by atoms with Crippen molar-refractivity contribution in [2.24, 2.45) is 11.7 Å². The van der Waals surface area contributed by atoms with Gasteiger partial charge in [-0.05, 0) is 30.5 Å². The van der Waals surface area contributed by atoms with Gasteiger partial charge in [-0.25, -0.2) is 0 Å². The molecule has 0 aliphatic rings. The molecule has 1 amide bonds. The van der Waals surface area contributed by atoms with Crippen LogP contribution in [0.25, 0.3) is 0 Å². The summed E-state index contributed by atoms with van der Waals surface area (Å²) in [5.41, 5.74) is 6.75. The van der Waals surface area contributed by atoms with Crippen LogP contribution in [0.5, 0.6) is 0 Å². The van der Waals surface area contributed by atoms with Crippen molar-refractivity contribution in [1.82, 2.24) is 5.32 Å². The topological polar surface area (TPSA) is 55.1 Å². The molecule has 3 nitrogen and oxygen atoms in total. The number of carbonyl (C=O) groups is 1. The molecule has 1 aromatic rings. The smallest absolute Gasteiger partial charge is 0.224 e. The Kier molecular flexibility index (Phi) is 6.76. The third-order valence-electron chi connectivity index (χ3n) is 2.92. The minimum atomic E-state index is -0.0554. The van der Waals surface area contributed by atoms with Crippen molar-refractivity contribution in [3.63, 3.8) is 0 Å². The van der Waals surface area contributed by atoms with Crippen molar-refractivity contribution in [2.45, 2.75) is 26.2 Å². The van der Waals surface area contributed by atoms with Crippen molar-refractivity contribution < 1.29 is 4.79 Å². The van der Waals surface area contributed by atoms with E-state index in [1.54, 1.807) is 0 Å². The zero-order chi connectivity index (χ0) is 13.4. The van der Waals surface area contributed by atoms with Gasteiger partial charge in [-0.3, -0.25) is 4.79 Å². The van der Waals surface area contributed by atoms with Crippen molar-refractivity contribution in [1.29, 1.82) is 0 Å². The van der Waals surface area contributed by atoms with E-state index in [0.29, 0.717) is 13.1 Å². The molecule has 100 valence electrons. The Morgan fingerprint density at radius 2 is 2.06 bits per heavy atom. The Bertz CT molecular complexity index is 365. The van der Waals surface area contributed by atoms with Gasteiger partial charge < -0.3 is 11.1 Å². The average molecular weight is 269 g/mol. The second-order valence-electron chi connectivity index (χ2n) is 4.39. The molecule has 0 radical (unpaired) electrons. The number of nitrogens with one attached hydrogen (secondary N) is 1. The summed E-state index contributed by atoms with van der Waals surface area (Å²) in [5, 5.41) is 3.66. The number of nitrogens with two attached hydrogens (primary N) is 1. The first-order chi connectivity index (χ1) is 8.67. The third-order valence-corrected chi connectivity index (χ3v) is 3.17. The number of hydrogen-bond donors (Lipinski definition) is 2. The van der Waals surface area contributed by atoms with E-state index in [1.165, 1.54) is 5.56 Å². The van der Waals surface area contributed by atoms with Crippen LogP contribution in [0.4, 0.5) is 0 Å². The molecule has 1 atom stereocenters. The van der Waals surface area contributed by atoms with E-state index in [9.17, 15) is 4.79 Å². The van der Waals surface area contributed by atoms with Crippen LogP contribution in [0, 0.1) is 5.92 Å². The fraction of sp³-hybridized carbons (Fsp3) is 0.500. The molecule has 0 spiro atoms. The number of rotatable bonds is 7. The standard InChI is InChI=1S/C14H21ClN2O/c1-2-3-12(10-16)14(18)17-9-8-11-4-6-13(15)7-5-11/h4-7,12H,2-3,8-10,16H2,1H3,(H,17,18). The molecular formula is C14H21ClN2O. The maximum atomic E-state index is 11.8. The SMILES string of the molecule is CCCC(CN)C(=O)NCCc1ccc(Cl)cc1. The predicted molar refractivity (Wildman–Crippen MR) is 75.6 cm³/mol. The molecule has 3 N–H and O–H groups in total. The molecule has 0 saturated heterocycles. The van der Waals surface area contributed by atoms with Gasteiger partial charge in [0.1, 0.15) is 0 Å². The molecule has 0 aliphatic heterocycles. The summed E-state index contributed by atoms with van der Waals surface area (Å²) in [7, 11) is 0. The van der Waals surface area contributed by atoms with Gasteiger partial charge in [0.2, 0.25) is 5.91 Å². The molecule has 18 heavy (non-hydrogen) atoms. The number of amides is 1. The summed E-state index contributed by atoms with van der Waals surface area (Å²) in [4.78, 5) is 11.8. The second-order valence-corrected chi connectivity index (χ2v) is 4.83. The van der Waals surface area contributed by atoms with Gasteiger partial charge in [-0.2, -0.15) is 0 Å². The monoisotopic (exact) mass is 268 g/mol. The molecule has 0 bridgehead atoms. The molecule has 1 unspecified atom stereocenters. The molecule has 0 saturated carbocycles. The highest BCUT2D eigenvalue weighted by Gasteiger charge is 2.14. The van der Waals surface area contributed by atoms with E-state index in [-0.39, 0.29) is 11.8 Å². The first-order valence-corrected chi connectivity index (χ1v) is 6.77. The van der Waals surface area contributed by atoms with Gasteiger partial charge in [-0.15, -0.1) is 0 Å². The normalized spacial score (nSPS) is 12.2. The summed E-state index contributed by atoms with van der Waals surface area (Å²) in [6.07, 6.45) is 2.64. The first kappa shape index (κ1) is 15.0. The number of carbonyl (C=O) groups excluding carboxylic acids is 1. The van der Waals surface area contributed by atoms with Gasteiger partial charge in [0.05, 0.1) is 5.92 Å². The van der Waals surface area contributed by atoms with E-state index in [2.05, 4.69) is 12.2 Å². The summed E-state index contributed by atoms with van der Waals surface area (Å²) >= 11 is 5.81. The van der Waals surface area contributed by atoms with Gasteiger partial charge in [-0.1, -0.05) is 37.1 Å². The number of benzene rings is 1. The minimum absolute atomic E-state index is 0.0554. The lowest BCUT2D eigenvalue weighted by atomic mass is 10.0. The summed E-state index contributed by atoms with van der Waals surface area (Å²) < 4.78 is 0. The highest BCUT2D eigenvalue weighted by Crippen LogP contribution is 2.09. The summed E-state index contributed by atoms with van der Waals surface area (Å²) in [6, 6.07) is 7.67. The fourth-order valence-corrected chi connectivity index (χ4v) is 1.96. The number of halogens is 1. The second kappa shape index (κ2) is 8.11. The fourth-order valence-electron chi connectivity index (χ4n) is 1.83. The van der Waals surface area contributed by atoms with Crippen LogP contribution in [0.15, 0.2) is 24.3 Å². The highest BCUT2D eigenvalue weighted by molar-refractivity contribution is 6.30. The van der Waals surface area contributed by atoms with E-state index in [0.717, 1.165) is 24.3 Å². The summed E-state index contributed by atoms with van der Waals surface area (Å²) in [5.74, 6) is 0.00790. The lowest BCUT2D eigenvalue weighted by Crippen LogP contribution is -2.36. The lowest BCUT2D eigenvalue weighted by Gasteiger charge is -2.13. The van der Waals surface area contributed by atoms with Crippen molar-refractivity contribution in [3.8, 4) is 0 Å². The van der Waals surface area contributed by atoms with Crippen LogP contribution in [0.3, 0.4) is 0 Å². The Hall–Kier alpha value is -1.06. The molecule has 0 heterocycles. The third kappa shape index (κ3) is 5.07. The van der Waals surface area contributed by atoms with Gasteiger partial charge in [0.15, 0.2) is 0 Å². The number of hydrogen-bond acceptors (Lipinski definition) is 2. The molecule has 1 aromatic carbocycles. The van der Waals surface area contributed by atoms with E-state index < -0.39 is 0 Å². The summed E-state index contributed by atoms with van der Waals surface area (Å²) in [6.45, 7) is 3.12. The van der Waals surface area contributed by atoms with Crippen LogP contribution in [-0.4, -0.2) is 19.0 Å². The first-order valence-electron chi connectivity index (χ1n) is 6.39. The molecule has 0 fully saturated rings. The highest BCUT2D eigenvalue weighted by atomic mass is 35.5. The van der Waals surface area contributed by atoms with E-state index >= 15 is 0 Å². The Balaban J connectivity index is 2.32. The van der Waals surface area contributed by atoms with Crippen LogP contribution < -0.4 is 11.1 Å². The average Bonchev–Trinajstić information content (AvgIpc) is 2.38. The van der Waals surface area contributed by atoms with Crippen LogP contribution in [0.2, 0.25) is 5.02 Å². The molecule has 0 aliphatic carbocycles. The predicted octanol–water partition coefficient (Wildman–Crippen LogP) is 2.37. The quantitative estimate of drug-likeness (QED) is 0.798. The molecular weight excluding hydrogens is 248 g/mol. The van der Waals surface area contributed by atoms with E-state index in [4.69, 9.17) is 17.3 Å². The van der Waals surface area contributed by atoms with Gasteiger partial charge >= 0.3 is 0 Å². The Morgan fingerprint density at radius 1 is 1.39 bits per heavy atom. The van der Waals surface area contributed by atoms with Gasteiger partial charge in [0.25, 0.3) is 0 Å².